The molecule has 2 aliphatic carbocycles. The van der Waals surface area contributed by atoms with Crippen molar-refractivity contribution in [3.8, 4) is 22.9 Å². The lowest BCUT2D eigenvalue weighted by molar-refractivity contribution is -0.146. The molecule has 2 saturated carbocycles. The van der Waals surface area contributed by atoms with Gasteiger partial charge < -0.3 is 40.2 Å². The van der Waals surface area contributed by atoms with Crippen molar-refractivity contribution in [3.05, 3.63) is 40.7 Å². The number of thiazole rings is 1. The quantitative estimate of drug-likeness (QED) is 0.136. The molecular weight excluding hydrogens is 832 g/mol. The summed E-state index contributed by atoms with van der Waals surface area (Å²) in [4.78, 5) is 78.1. The number of amides is 4. The van der Waals surface area contributed by atoms with Gasteiger partial charge >= 0.3 is 12.1 Å². The van der Waals surface area contributed by atoms with Crippen LogP contribution in [0.15, 0.2) is 40.7 Å². The zero-order chi connectivity index (χ0) is 42.3. The van der Waals surface area contributed by atoms with E-state index in [0.29, 0.717) is 43.4 Å². The number of hydrogen-bond donors (Lipinski definition) is 4. The summed E-state index contributed by atoms with van der Waals surface area (Å²) >= 11 is 4.88. The van der Waals surface area contributed by atoms with Gasteiger partial charge in [0.25, 0.3) is 0 Å². The molecule has 3 aromatic rings. The molecule has 0 bridgehead atoms. The van der Waals surface area contributed by atoms with Gasteiger partial charge in [0.15, 0.2) is 5.13 Å². The lowest BCUT2D eigenvalue weighted by Crippen LogP contribution is -2.60. The summed E-state index contributed by atoms with van der Waals surface area (Å²) in [6.45, 7) is 14.4. The minimum absolute atomic E-state index is 0.0759. The first kappa shape index (κ1) is 42.8. The van der Waals surface area contributed by atoms with Crippen LogP contribution in [0.3, 0.4) is 0 Å². The summed E-state index contributed by atoms with van der Waals surface area (Å²) in [5.74, 6) is -3.10. The van der Waals surface area contributed by atoms with Crippen molar-refractivity contribution in [2.75, 3.05) is 19.0 Å². The molecule has 0 spiro atoms. The average molecular weight is 884 g/mol. The molecule has 4 amide bonds. The van der Waals surface area contributed by atoms with Gasteiger partial charge in [0.1, 0.15) is 47.0 Å². The van der Waals surface area contributed by atoms with Crippen LogP contribution in [0.4, 0.5) is 9.93 Å². The number of carboxylic acid groups (broad SMARTS) is 1. The van der Waals surface area contributed by atoms with Gasteiger partial charge in [-0.05, 0) is 65.6 Å². The number of likely N-dealkylation sites (tertiary alicyclic amines) is 1. The molecule has 1 saturated heterocycles. The Morgan fingerprint density at radius 3 is 2.41 bits per heavy atom. The van der Waals surface area contributed by atoms with Crippen molar-refractivity contribution in [1.82, 2.24) is 25.5 Å². The molecular formula is C41H51BrN6O9S. The Balaban J connectivity index is 1.37. The summed E-state index contributed by atoms with van der Waals surface area (Å²) in [6, 6.07) is 2.98. The molecule has 58 heavy (non-hydrogen) atoms. The number of halogens is 1. The number of carbonyl (C=O) groups is 5. The van der Waals surface area contributed by atoms with E-state index in [-0.39, 0.29) is 30.9 Å². The Bertz CT molecular complexity index is 2110. The first-order valence-electron chi connectivity index (χ1n) is 19.4. The first-order chi connectivity index (χ1) is 27.4. The van der Waals surface area contributed by atoms with Crippen LogP contribution in [0.5, 0.6) is 11.5 Å². The largest absolute Gasteiger partial charge is 0.495 e. The number of methoxy groups -OCH3 is 1. The summed E-state index contributed by atoms with van der Waals surface area (Å²) < 4.78 is 18.6. The monoisotopic (exact) mass is 882 g/mol. The Morgan fingerprint density at radius 1 is 1.10 bits per heavy atom. The number of alkyl carbamates (subject to hydrolysis) is 1. The first-order valence-corrected chi connectivity index (χ1v) is 21.1. The number of benzene rings is 1. The van der Waals surface area contributed by atoms with Crippen LogP contribution in [0.1, 0.15) is 73.6 Å². The second-order valence-corrected chi connectivity index (χ2v) is 18.3. The van der Waals surface area contributed by atoms with Crippen molar-refractivity contribution in [2.24, 2.45) is 23.2 Å². The van der Waals surface area contributed by atoms with Crippen LogP contribution in [0.25, 0.3) is 22.3 Å². The highest BCUT2D eigenvalue weighted by atomic mass is 79.9. The molecule has 1 aromatic carbocycles. The second kappa shape index (κ2) is 16.8. The molecule has 15 nitrogen and oxygen atoms in total. The van der Waals surface area contributed by atoms with Crippen molar-refractivity contribution < 1.29 is 43.3 Å². The highest BCUT2D eigenvalue weighted by Gasteiger charge is 2.62. The van der Waals surface area contributed by atoms with E-state index in [4.69, 9.17) is 19.2 Å². The standard InChI is InChI=1S/C41H51BrN6O9S/c1-9-22-17-41(22,37(52)53)47-35(50)32-21(4)29(18-48(32)36(51)33(40(5,6)7)45-39(54)56-23-12-10-11-13-23)57-28-16-25(26-19-58-38(44-26)46-34(49)20(2)3)43-31-24(28)14-15-27(55-8)30(31)42/h9,14-16,19-23,29,32-33H,1,10-13,17-18H2,2-8H3,(H,45,54)(H,47,50)(H,52,53)(H,44,46,49). The van der Waals surface area contributed by atoms with E-state index < -0.39 is 64.9 Å². The third-order valence-electron chi connectivity index (χ3n) is 11.2. The van der Waals surface area contributed by atoms with Crippen LogP contribution >= 0.6 is 27.3 Å². The van der Waals surface area contributed by atoms with Gasteiger partial charge in [-0.1, -0.05) is 47.6 Å². The van der Waals surface area contributed by atoms with Crippen molar-refractivity contribution in [1.29, 1.82) is 0 Å². The molecule has 6 unspecified atom stereocenters. The third-order valence-corrected chi connectivity index (χ3v) is 12.7. The normalized spacial score (nSPS) is 23.6. The van der Waals surface area contributed by atoms with Crippen LogP contribution in [-0.2, 0) is 23.9 Å². The smallest absolute Gasteiger partial charge is 0.408 e. The number of carbonyl (C=O) groups excluding carboxylic acids is 4. The molecule has 4 N–H and O–H groups in total. The average Bonchev–Trinajstić information content (AvgIpc) is 3.50. The number of nitrogens with zero attached hydrogens (tertiary/aromatic N) is 3. The van der Waals surface area contributed by atoms with Gasteiger partial charge in [-0.25, -0.2) is 19.6 Å². The number of nitrogens with one attached hydrogen (secondary N) is 3. The maximum Gasteiger partial charge on any atom is 0.408 e. The van der Waals surface area contributed by atoms with E-state index in [1.54, 1.807) is 65.1 Å². The second-order valence-electron chi connectivity index (χ2n) is 16.7. The topological polar surface area (TPSA) is 198 Å². The number of hydrogen-bond acceptors (Lipinski definition) is 11. The van der Waals surface area contributed by atoms with Crippen LogP contribution < -0.4 is 25.4 Å². The number of rotatable bonds is 13. The molecule has 3 fully saturated rings. The fourth-order valence-corrected chi connectivity index (χ4v) is 8.91. The summed E-state index contributed by atoms with van der Waals surface area (Å²) in [6.07, 6.45) is 3.31. The molecule has 6 atom stereocenters. The number of fused-ring (bicyclic) bond motifs is 1. The van der Waals surface area contributed by atoms with E-state index in [1.165, 1.54) is 29.4 Å². The molecule has 2 aromatic heterocycles. The van der Waals surface area contributed by atoms with Gasteiger partial charge in [0.05, 0.1) is 29.3 Å². The zero-order valence-corrected chi connectivity index (χ0v) is 36.1. The molecule has 312 valence electrons. The zero-order valence-electron chi connectivity index (χ0n) is 33.7. The highest BCUT2D eigenvalue weighted by Crippen LogP contribution is 2.46. The summed E-state index contributed by atoms with van der Waals surface area (Å²) in [7, 11) is 1.54. The Kier molecular flexibility index (Phi) is 12.4. The minimum Gasteiger partial charge on any atom is -0.495 e. The molecule has 3 aliphatic rings. The number of pyridine rings is 1. The Labute approximate surface area is 349 Å². The number of carboxylic acids is 1. The molecule has 6 rings (SSSR count). The van der Waals surface area contributed by atoms with E-state index in [1.807, 2.05) is 0 Å². The van der Waals surface area contributed by atoms with Gasteiger partial charge in [-0.15, -0.1) is 17.9 Å². The maximum atomic E-state index is 14.8. The van der Waals surface area contributed by atoms with Gasteiger partial charge in [0.2, 0.25) is 17.7 Å². The SMILES string of the molecule is C=CC1CC1(NC(=O)C1C(C)C(Oc2cc(-c3csc(NC(=O)C(C)C)n3)nc3c(Br)c(OC)ccc23)CN1C(=O)C(NC(=O)OC1CCCC1)C(C)(C)C)C(=O)O. The predicted octanol–water partition coefficient (Wildman–Crippen LogP) is 6.55. The van der Waals surface area contributed by atoms with Crippen molar-refractivity contribution in [2.45, 2.75) is 103 Å². The van der Waals surface area contributed by atoms with E-state index in [0.717, 1.165) is 25.7 Å². The van der Waals surface area contributed by atoms with Crippen molar-refractivity contribution in [3.63, 3.8) is 0 Å². The molecule has 17 heteroatoms. The Hall–Kier alpha value is -4.77. The van der Waals surface area contributed by atoms with Crippen LogP contribution in [0.2, 0.25) is 0 Å². The molecule has 0 radical (unpaired) electrons. The highest BCUT2D eigenvalue weighted by molar-refractivity contribution is 9.10. The Morgan fingerprint density at radius 2 is 1.81 bits per heavy atom. The fourth-order valence-electron chi connectivity index (χ4n) is 7.60. The van der Waals surface area contributed by atoms with E-state index >= 15 is 0 Å². The van der Waals surface area contributed by atoms with Gasteiger partial charge in [-0.3, -0.25) is 14.4 Å². The minimum atomic E-state index is -1.55. The predicted molar refractivity (Wildman–Crippen MR) is 222 cm³/mol. The van der Waals surface area contributed by atoms with Crippen LogP contribution in [-0.4, -0.2) is 93.2 Å². The maximum absolute atomic E-state index is 14.8. The van der Waals surface area contributed by atoms with Gasteiger partial charge in [0, 0.05) is 34.6 Å². The third kappa shape index (κ3) is 8.65. The lowest BCUT2D eigenvalue weighted by Gasteiger charge is -2.36. The molecule has 1 aliphatic heterocycles. The van der Waals surface area contributed by atoms with Crippen molar-refractivity contribution >= 4 is 73.1 Å². The van der Waals surface area contributed by atoms with E-state index in [9.17, 15) is 29.1 Å². The van der Waals surface area contributed by atoms with Gasteiger partial charge in [-0.2, -0.15) is 0 Å². The van der Waals surface area contributed by atoms with E-state index in [2.05, 4.69) is 43.4 Å². The van der Waals surface area contributed by atoms with Crippen LogP contribution in [0, 0.1) is 23.2 Å². The number of aliphatic carboxylic acids is 1. The number of ether oxygens (including phenoxy) is 3. The number of anilines is 1. The fraction of sp³-hybridized carbons (Fsp3) is 0.537. The lowest BCUT2D eigenvalue weighted by atomic mass is 9.85. The summed E-state index contributed by atoms with van der Waals surface area (Å²) in [5.41, 5.74) is -0.976. The number of aromatic nitrogens is 2. The summed E-state index contributed by atoms with van der Waals surface area (Å²) in [5, 5.41) is 21.3. The molecule has 3 heterocycles.